The Kier molecular flexibility index (Phi) is 7.44. The molecule has 3 aromatic carbocycles. The normalized spacial score (nSPS) is 11.2. The average Bonchev–Trinajstić information content (AvgIpc) is 2.88. The van der Waals surface area contributed by atoms with Crippen molar-refractivity contribution in [2.24, 2.45) is 0 Å². The Morgan fingerprint density at radius 1 is 0.972 bits per heavy atom. The summed E-state index contributed by atoms with van der Waals surface area (Å²) >= 11 is 0. The number of aromatic nitrogens is 1. The first kappa shape index (κ1) is 24.7. The highest BCUT2D eigenvalue weighted by atomic mass is 16.4. The van der Waals surface area contributed by atoms with Gasteiger partial charge in [0.1, 0.15) is 0 Å². The maximum absolute atomic E-state index is 13.2. The van der Waals surface area contributed by atoms with Crippen LogP contribution < -0.4 is 5.43 Å². The lowest BCUT2D eigenvalue weighted by Crippen LogP contribution is -2.15. The Labute approximate surface area is 208 Å². The van der Waals surface area contributed by atoms with Crippen molar-refractivity contribution in [3.05, 3.63) is 111 Å². The number of aromatic carboxylic acids is 1. The van der Waals surface area contributed by atoms with Crippen LogP contribution >= 0.6 is 0 Å². The summed E-state index contributed by atoms with van der Waals surface area (Å²) in [6, 6.07) is 20.1. The highest BCUT2D eigenvalue weighted by Gasteiger charge is 2.12. The highest BCUT2D eigenvalue weighted by Crippen LogP contribution is 2.25. The summed E-state index contributed by atoms with van der Waals surface area (Å²) in [5.41, 5.74) is 4.87. The van der Waals surface area contributed by atoms with Crippen LogP contribution in [0.5, 0.6) is 0 Å². The zero-order valence-corrected chi connectivity index (χ0v) is 20.0. The number of benzene rings is 3. The highest BCUT2D eigenvalue weighted by molar-refractivity contribution is 5.96. The molecule has 0 aliphatic heterocycles. The van der Waals surface area contributed by atoms with Crippen molar-refractivity contribution in [3.63, 3.8) is 0 Å². The van der Waals surface area contributed by atoms with Crippen LogP contribution in [0.1, 0.15) is 46.8 Å². The second-order valence-corrected chi connectivity index (χ2v) is 8.71. The number of aliphatic carboxylic acids is 1. The Morgan fingerprint density at radius 3 is 2.42 bits per heavy atom. The lowest BCUT2D eigenvalue weighted by molar-refractivity contribution is -0.131. The maximum Gasteiger partial charge on any atom is 0.336 e. The van der Waals surface area contributed by atoms with Crippen LogP contribution in [0.25, 0.3) is 28.1 Å². The van der Waals surface area contributed by atoms with E-state index in [1.807, 2.05) is 47.2 Å². The number of fused-ring (bicyclic) bond motifs is 1. The molecule has 0 amide bonds. The number of carbonyl (C=O) groups is 2. The molecule has 0 saturated heterocycles. The van der Waals surface area contributed by atoms with Gasteiger partial charge >= 0.3 is 11.9 Å². The summed E-state index contributed by atoms with van der Waals surface area (Å²) < 4.78 is 2.05. The molecule has 1 heterocycles. The van der Waals surface area contributed by atoms with E-state index in [1.54, 1.807) is 30.3 Å². The number of nitrogens with zero attached hydrogens (tertiary/aromatic N) is 1. The molecule has 182 valence electrons. The molecule has 0 unspecified atom stereocenters. The Hall–Kier alpha value is -4.45. The maximum atomic E-state index is 13.2. The van der Waals surface area contributed by atoms with E-state index >= 15 is 0 Å². The van der Waals surface area contributed by atoms with Gasteiger partial charge in [0.2, 0.25) is 0 Å². The third kappa shape index (κ3) is 5.44. The smallest absolute Gasteiger partial charge is 0.336 e. The van der Waals surface area contributed by atoms with E-state index in [4.69, 9.17) is 5.11 Å². The van der Waals surface area contributed by atoms with Crippen LogP contribution in [0.2, 0.25) is 0 Å². The van der Waals surface area contributed by atoms with Crippen LogP contribution in [0.15, 0.2) is 83.8 Å². The van der Waals surface area contributed by atoms with E-state index in [0.29, 0.717) is 29.5 Å². The van der Waals surface area contributed by atoms with E-state index in [9.17, 15) is 19.5 Å². The first-order valence-electron chi connectivity index (χ1n) is 11.9. The van der Waals surface area contributed by atoms with Crippen molar-refractivity contribution in [2.75, 3.05) is 0 Å². The fourth-order valence-corrected chi connectivity index (χ4v) is 4.33. The second kappa shape index (κ2) is 10.9. The molecule has 0 aliphatic carbocycles. The number of carboxylic acid groups (broad SMARTS) is 2. The van der Waals surface area contributed by atoms with Crippen LogP contribution in [0, 0.1) is 0 Å². The average molecular weight is 482 g/mol. The largest absolute Gasteiger partial charge is 0.478 e. The predicted molar refractivity (Wildman–Crippen MR) is 141 cm³/mol. The Morgan fingerprint density at radius 2 is 1.72 bits per heavy atom. The quantitative estimate of drug-likeness (QED) is 0.292. The molecule has 0 spiro atoms. The van der Waals surface area contributed by atoms with Crippen molar-refractivity contribution < 1.29 is 19.8 Å². The predicted octanol–water partition coefficient (Wildman–Crippen LogP) is 5.86. The first-order valence-corrected chi connectivity index (χ1v) is 11.9. The van der Waals surface area contributed by atoms with Gasteiger partial charge in [0.15, 0.2) is 5.43 Å². The summed E-state index contributed by atoms with van der Waals surface area (Å²) in [7, 11) is 0. The first-order chi connectivity index (χ1) is 17.4. The van der Waals surface area contributed by atoms with Gasteiger partial charge in [0.25, 0.3) is 0 Å². The van der Waals surface area contributed by atoms with Crippen LogP contribution in [0.4, 0.5) is 0 Å². The molecule has 0 fully saturated rings. The minimum Gasteiger partial charge on any atom is -0.478 e. The molecule has 6 nitrogen and oxygen atoms in total. The standard InChI is InChI=1S/C30H27NO5/c1-2-3-6-23-19-31(27-15-11-20(12-16-28(32)33)17-26(27)29(23)34)18-21-9-13-22(14-10-21)24-7-4-5-8-25(24)30(35)36/h4-5,7-17,19H,2-3,6,18H2,1H3,(H,32,33)(H,35,36). The molecule has 1 aromatic heterocycles. The minimum absolute atomic E-state index is 0.0269. The fourth-order valence-electron chi connectivity index (χ4n) is 4.33. The Balaban J connectivity index is 1.73. The van der Waals surface area contributed by atoms with Gasteiger partial charge in [-0.1, -0.05) is 61.9 Å². The van der Waals surface area contributed by atoms with E-state index in [2.05, 4.69) is 6.92 Å². The van der Waals surface area contributed by atoms with Crippen molar-refractivity contribution >= 4 is 28.9 Å². The van der Waals surface area contributed by atoms with Crippen molar-refractivity contribution in [2.45, 2.75) is 32.7 Å². The number of unbranched alkanes of at least 4 members (excludes halogenated alkanes) is 1. The monoisotopic (exact) mass is 481 g/mol. The third-order valence-corrected chi connectivity index (χ3v) is 6.17. The lowest BCUT2D eigenvalue weighted by atomic mass is 9.98. The van der Waals surface area contributed by atoms with E-state index in [1.165, 1.54) is 6.08 Å². The van der Waals surface area contributed by atoms with E-state index in [0.717, 1.165) is 41.1 Å². The number of pyridine rings is 1. The van der Waals surface area contributed by atoms with Gasteiger partial charge < -0.3 is 14.8 Å². The molecule has 0 atom stereocenters. The van der Waals surface area contributed by atoms with E-state index < -0.39 is 11.9 Å². The van der Waals surface area contributed by atoms with Crippen LogP contribution in [-0.2, 0) is 17.8 Å². The van der Waals surface area contributed by atoms with Gasteiger partial charge in [0, 0.05) is 29.8 Å². The SMILES string of the molecule is CCCCc1cn(Cc2ccc(-c3ccccc3C(=O)O)cc2)c2ccc(C=CC(=O)O)cc2c1=O. The van der Waals surface area contributed by atoms with Crippen molar-refractivity contribution in [1.29, 1.82) is 0 Å². The third-order valence-electron chi connectivity index (χ3n) is 6.17. The molecular weight excluding hydrogens is 454 g/mol. The molecule has 36 heavy (non-hydrogen) atoms. The van der Waals surface area contributed by atoms with Crippen LogP contribution in [0.3, 0.4) is 0 Å². The number of rotatable bonds is 9. The molecule has 4 aromatic rings. The minimum atomic E-state index is -1.04. The van der Waals surface area contributed by atoms with Gasteiger partial charge in [0.05, 0.1) is 11.1 Å². The van der Waals surface area contributed by atoms with Gasteiger partial charge in [-0.2, -0.15) is 0 Å². The van der Waals surface area contributed by atoms with Gasteiger partial charge in [-0.15, -0.1) is 0 Å². The fraction of sp³-hybridized carbons (Fsp3) is 0.167. The summed E-state index contributed by atoms with van der Waals surface area (Å²) in [5.74, 6) is -2.01. The molecular formula is C30H27NO5. The van der Waals surface area contributed by atoms with Crippen LogP contribution in [-0.4, -0.2) is 26.7 Å². The lowest BCUT2D eigenvalue weighted by Gasteiger charge is -2.15. The van der Waals surface area contributed by atoms with Gasteiger partial charge in [-0.3, -0.25) is 4.79 Å². The van der Waals surface area contributed by atoms with Gasteiger partial charge in [-0.05, 0) is 59.4 Å². The molecule has 0 saturated carbocycles. The molecule has 0 aliphatic rings. The van der Waals surface area contributed by atoms with E-state index in [-0.39, 0.29) is 11.0 Å². The molecule has 0 bridgehead atoms. The molecule has 6 heteroatoms. The molecule has 2 N–H and O–H groups in total. The molecule has 4 rings (SSSR count). The topological polar surface area (TPSA) is 96.6 Å². The van der Waals surface area contributed by atoms with Crippen molar-refractivity contribution in [1.82, 2.24) is 4.57 Å². The zero-order chi connectivity index (χ0) is 25.7. The number of hydrogen-bond acceptors (Lipinski definition) is 3. The number of hydrogen-bond donors (Lipinski definition) is 2. The summed E-state index contributed by atoms with van der Waals surface area (Å²) in [6.07, 6.45) is 7.00. The van der Waals surface area contributed by atoms with Gasteiger partial charge in [-0.25, -0.2) is 9.59 Å². The summed E-state index contributed by atoms with van der Waals surface area (Å²) in [6.45, 7) is 2.61. The zero-order valence-electron chi connectivity index (χ0n) is 20.0. The Bertz CT molecular complexity index is 1510. The summed E-state index contributed by atoms with van der Waals surface area (Å²) in [4.78, 5) is 35.7. The number of aryl methyl sites for hydroxylation is 1. The summed E-state index contributed by atoms with van der Waals surface area (Å²) in [5, 5.41) is 19.0. The number of carboxylic acids is 2. The molecule has 0 radical (unpaired) electrons. The van der Waals surface area contributed by atoms with Crippen molar-refractivity contribution in [3.8, 4) is 11.1 Å². The second-order valence-electron chi connectivity index (χ2n) is 8.71.